The Morgan fingerprint density at radius 2 is 1.89 bits per heavy atom. The Labute approximate surface area is 118 Å². The smallest absolute Gasteiger partial charge is 0.227 e. The molecule has 0 radical (unpaired) electrons. The molecule has 0 heterocycles. The zero-order valence-corrected chi connectivity index (χ0v) is 13.0. The minimum absolute atomic E-state index is 0.132. The van der Waals surface area contributed by atoms with E-state index < -0.39 is 0 Å². The molecule has 1 amide bonds. The van der Waals surface area contributed by atoms with Gasteiger partial charge in [-0.2, -0.15) is 0 Å². The number of carbonyl (C=O) groups excluding carboxylic acids is 1. The number of amides is 1. The van der Waals surface area contributed by atoms with Gasteiger partial charge in [0, 0.05) is 10.4 Å². The van der Waals surface area contributed by atoms with Gasteiger partial charge < -0.3 is 5.32 Å². The maximum absolute atomic E-state index is 12.2. The van der Waals surface area contributed by atoms with Crippen LogP contribution in [0, 0.1) is 12.8 Å². The second kappa shape index (κ2) is 7.57. The summed E-state index contributed by atoms with van der Waals surface area (Å²) in [6.45, 7) is 6.27. The predicted octanol–water partition coefficient (Wildman–Crippen LogP) is 4.91. The highest BCUT2D eigenvalue weighted by Crippen LogP contribution is 2.25. The van der Waals surface area contributed by atoms with E-state index in [0.717, 1.165) is 41.4 Å². The molecule has 3 heteroatoms. The van der Waals surface area contributed by atoms with E-state index >= 15 is 0 Å². The minimum atomic E-state index is 0.132. The van der Waals surface area contributed by atoms with Crippen molar-refractivity contribution in [1.29, 1.82) is 0 Å². The number of aryl methyl sites for hydroxylation is 1. The van der Waals surface area contributed by atoms with E-state index in [1.165, 1.54) is 0 Å². The fraction of sp³-hybridized carbons (Fsp3) is 0.533. The maximum atomic E-state index is 12.2. The van der Waals surface area contributed by atoms with E-state index in [4.69, 9.17) is 0 Å². The van der Waals surface area contributed by atoms with E-state index in [2.05, 4.69) is 35.1 Å². The number of carbonyl (C=O) groups is 1. The summed E-state index contributed by atoms with van der Waals surface area (Å²) in [5.41, 5.74) is 2.02. The Balaban J connectivity index is 2.75. The Bertz CT molecular complexity index is 397. The minimum Gasteiger partial charge on any atom is -0.325 e. The van der Waals surface area contributed by atoms with E-state index in [1.54, 1.807) is 0 Å². The molecular formula is C15H22BrNO. The lowest BCUT2D eigenvalue weighted by Crippen LogP contribution is -2.23. The van der Waals surface area contributed by atoms with Gasteiger partial charge in [0.15, 0.2) is 0 Å². The van der Waals surface area contributed by atoms with Crippen LogP contribution >= 0.6 is 15.9 Å². The van der Waals surface area contributed by atoms with Crippen LogP contribution in [0.1, 0.15) is 45.1 Å². The predicted molar refractivity (Wildman–Crippen MR) is 80.8 cm³/mol. The molecule has 1 N–H and O–H groups in total. The third-order valence-corrected chi connectivity index (χ3v) is 3.72. The Hall–Kier alpha value is -0.830. The highest BCUT2D eigenvalue weighted by molar-refractivity contribution is 9.10. The van der Waals surface area contributed by atoms with Gasteiger partial charge in [0.25, 0.3) is 0 Å². The summed E-state index contributed by atoms with van der Waals surface area (Å²) in [7, 11) is 0. The van der Waals surface area contributed by atoms with Gasteiger partial charge in [0.2, 0.25) is 5.91 Å². The van der Waals surface area contributed by atoms with Crippen LogP contribution in [0.4, 0.5) is 5.69 Å². The lowest BCUT2D eigenvalue weighted by molar-refractivity contribution is -0.120. The topological polar surface area (TPSA) is 29.1 Å². The quantitative estimate of drug-likeness (QED) is 0.794. The van der Waals surface area contributed by atoms with E-state index in [0.29, 0.717) is 0 Å². The van der Waals surface area contributed by atoms with Gasteiger partial charge in [0.1, 0.15) is 0 Å². The first-order valence-corrected chi connectivity index (χ1v) is 7.44. The number of anilines is 1. The summed E-state index contributed by atoms with van der Waals surface area (Å²) in [5.74, 6) is 0.275. The SMILES string of the molecule is CCCC(CCC)C(=O)Nc1cc(C)ccc1Br. The molecule has 0 saturated heterocycles. The fourth-order valence-electron chi connectivity index (χ4n) is 2.07. The largest absolute Gasteiger partial charge is 0.325 e. The van der Waals surface area contributed by atoms with Gasteiger partial charge in [0.05, 0.1) is 5.69 Å². The number of hydrogen-bond donors (Lipinski definition) is 1. The van der Waals surface area contributed by atoms with Crippen molar-refractivity contribution in [3.8, 4) is 0 Å². The zero-order chi connectivity index (χ0) is 13.5. The van der Waals surface area contributed by atoms with Crippen LogP contribution in [0.3, 0.4) is 0 Å². The molecule has 1 aromatic carbocycles. The summed E-state index contributed by atoms with van der Waals surface area (Å²) in [5, 5.41) is 3.03. The zero-order valence-electron chi connectivity index (χ0n) is 11.4. The second-order valence-corrected chi connectivity index (χ2v) is 5.60. The molecule has 0 atom stereocenters. The lowest BCUT2D eigenvalue weighted by atomic mass is 9.97. The summed E-state index contributed by atoms with van der Waals surface area (Å²) in [6, 6.07) is 5.99. The summed E-state index contributed by atoms with van der Waals surface area (Å²) < 4.78 is 0.938. The van der Waals surface area contributed by atoms with E-state index in [-0.39, 0.29) is 11.8 Å². The highest BCUT2D eigenvalue weighted by Gasteiger charge is 2.17. The average Bonchev–Trinajstić information content (AvgIpc) is 2.33. The Morgan fingerprint density at radius 3 is 2.44 bits per heavy atom. The van der Waals surface area contributed by atoms with Gasteiger partial charge in [-0.3, -0.25) is 4.79 Å². The van der Waals surface area contributed by atoms with Crippen LogP contribution in [-0.4, -0.2) is 5.91 Å². The van der Waals surface area contributed by atoms with Gasteiger partial charge in [-0.05, 0) is 53.4 Å². The molecule has 0 unspecified atom stereocenters. The van der Waals surface area contributed by atoms with Crippen LogP contribution in [-0.2, 0) is 4.79 Å². The number of benzene rings is 1. The summed E-state index contributed by atoms with van der Waals surface area (Å²) in [4.78, 5) is 12.2. The van der Waals surface area contributed by atoms with Crippen LogP contribution in [0.5, 0.6) is 0 Å². The number of nitrogens with one attached hydrogen (secondary N) is 1. The molecule has 2 nitrogen and oxygen atoms in total. The maximum Gasteiger partial charge on any atom is 0.227 e. The van der Waals surface area contributed by atoms with Crippen molar-refractivity contribution in [2.45, 2.75) is 46.5 Å². The molecule has 1 rings (SSSR count). The van der Waals surface area contributed by atoms with Crippen molar-refractivity contribution in [3.63, 3.8) is 0 Å². The highest BCUT2D eigenvalue weighted by atomic mass is 79.9. The molecular weight excluding hydrogens is 290 g/mol. The molecule has 18 heavy (non-hydrogen) atoms. The first-order valence-electron chi connectivity index (χ1n) is 6.65. The molecule has 0 spiro atoms. The normalized spacial score (nSPS) is 10.7. The van der Waals surface area contributed by atoms with Crippen molar-refractivity contribution in [3.05, 3.63) is 28.2 Å². The second-order valence-electron chi connectivity index (χ2n) is 4.75. The monoisotopic (exact) mass is 311 g/mol. The molecule has 0 bridgehead atoms. The standard InChI is InChI=1S/C15H22BrNO/c1-4-6-12(7-5-2)15(18)17-14-10-11(3)8-9-13(14)16/h8-10,12H,4-7H2,1-3H3,(H,17,18). The molecule has 0 aliphatic heterocycles. The lowest BCUT2D eigenvalue weighted by Gasteiger charge is -2.16. The Kier molecular flexibility index (Phi) is 6.41. The third kappa shape index (κ3) is 4.45. The third-order valence-electron chi connectivity index (χ3n) is 3.02. The number of halogens is 1. The molecule has 0 aliphatic carbocycles. The van der Waals surface area contributed by atoms with E-state index in [9.17, 15) is 4.79 Å². The molecule has 100 valence electrons. The van der Waals surface area contributed by atoms with Crippen molar-refractivity contribution >= 4 is 27.5 Å². The van der Waals surface area contributed by atoms with Gasteiger partial charge >= 0.3 is 0 Å². The molecule has 0 saturated carbocycles. The summed E-state index contributed by atoms with van der Waals surface area (Å²) >= 11 is 3.47. The average molecular weight is 312 g/mol. The first-order chi connectivity index (χ1) is 8.58. The van der Waals surface area contributed by atoms with E-state index in [1.807, 2.05) is 25.1 Å². The van der Waals surface area contributed by atoms with Crippen LogP contribution < -0.4 is 5.32 Å². The van der Waals surface area contributed by atoms with Crippen LogP contribution in [0.25, 0.3) is 0 Å². The molecule has 0 fully saturated rings. The van der Waals surface area contributed by atoms with Gasteiger partial charge in [-0.15, -0.1) is 0 Å². The van der Waals surface area contributed by atoms with Crippen LogP contribution in [0.2, 0.25) is 0 Å². The van der Waals surface area contributed by atoms with Crippen molar-refractivity contribution in [1.82, 2.24) is 0 Å². The molecule has 0 aliphatic rings. The van der Waals surface area contributed by atoms with Gasteiger partial charge in [-0.1, -0.05) is 32.8 Å². The first kappa shape index (κ1) is 15.2. The molecule has 0 aromatic heterocycles. The fourth-order valence-corrected chi connectivity index (χ4v) is 2.42. The van der Waals surface area contributed by atoms with Crippen molar-refractivity contribution < 1.29 is 4.79 Å². The van der Waals surface area contributed by atoms with Crippen LogP contribution in [0.15, 0.2) is 22.7 Å². The van der Waals surface area contributed by atoms with Crippen molar-refractivity contribution in [2.24, 2.45) is 5.92 Å². The summed E-state index contributed by atoms with van der Waals surface area (Å²) in [6.07, 6.45) is 4.02. The molecule has 1 aromatic rings. The van der Waals surface area contributed by atoms with Gasteiger partial charge in [-0.25, -0.2) is 0 Å². The number of rotatable bonds is 6. The van der Waals surface area contributed by atoms with Crippen molar-refractivity contribution in [2.75, 3.05) is 5.32 Å². The Morgan fingerprint density at radius 1 is 1.28 bits per heavy atom. The number of hydrogen-bond acceptors (Lipinski definition) is 1.